The molecule has 1 aromatic rings. The molecule has 16 atom stereocenters. The Kier molecular flexibility index (Phi) is 26.0. The predicted molar refractivity (Wildman–Crippen MR) is 280 cm³/mol. The predicted octanol–water partition coefficient (Wildman–Crippen LogP) is -3.79. The normalized spacial score (nSPS) is 28.4. The van der Waals surface area contributed by atoms with Crippen LogP contribution in [0.4, 0.5) is 0 Å². The van der Waals surface area contributed by atoms with Crippen LogP contribution < -0.4 is 43.4 Å². The van der Waals surface area contributed by atoms with Gasteiger partial charge in [-0.1, -0.05) is 77.8 Å². The van der Waals surface area contributed by atoms with Crippen LogP contribution in [-0.4, -0.2) is 203 Å². The van der Waals surface area contributed by atoms with E-state index in [4.69, 9.17) is 11.5 Å². The highest BCUT2D eigenvalue weighted by molar-refractivity contribution is 5.98. The molecule has 18 N–H and O–H groups in total. The van der Waals surface area contributed by atoms with Gasteiger partial charge in [0, 0.05) is 45.4 Å². The van der Waals surface area contributed by atoms with Crippen molar-refractivity contribution >= 4 is 47.3 Å². The number of hydrogen-bond donors (Lipinski definition) is 16. The van der Waals surface area contributed by atoms with Crippen molar-refractivity contribution in [3.05, 3.63) is 29.8 Å². The Bertz CT molecular complexity index is 2160. The summed E-state index contributed by atoms with van der Waals surface area (Å²) in [6, 6.07) is -7.06. The number of amides is 8. The summed E-state index contributed by atoms with van der Waals surface area (Å²) in [5.74, 6) is -8.12. The minimum Gasteiger partial charge on any atom is -0.508 e. The second kappa shape index (κ2) is 31.3. The van der Waals surface area contributed by atoms with Crippen LogP contribution in [-0.2, 0) is 38.4 Å². The number of phenols is 1. The molecule has 0 radical (unpaired) electrons. The summed E-state index contributed by atoms with van der Waals surface area (Å²) in [7, 11) is 0. The van der Waals surface area contributed by atoms with Crippen molar-refractivity contribution in [3.8, 4) is 5.75 Å². The summed E-state index contributed by atoms with van der Waals surface area (Å²) in [6.07, 6.45) is -8.60. The van der Waals surface area contributed by atoms with Gasteiger partial charge >= 0.3 is 0 Å². The van der Waals surface area contributed by atoms with E-state index < -0.39 is 165 Å². The standard InChI is InChI=1S/C52H86N10O16/c1-5-27(2)22-28(3)12-10-8-6-7-9-11-13-39(70)56-33-24-37(68)46(55-20-19-53)60-50(76)43-35(66)18-21-61(43)52(78)41(36(67)25-38(54)69)58-49(75)42(45(72)44(71)30-14-16-31(64)17-15-30)59-48(74)34-23-32(65)26-62(34)51(77)40(29(4)63)57-47(33)73/h14-17,27-29,32-37,40-46,55,63-68,71-72H,5-13,18-26,53H2,1-4H3,(H2,54,69)(H,56,70)(H,57,73)(H,58,75)(H,59,74)(H,60,76)/t27-,28+,29+,32+,33-,34-,35-,36+,37+,40-,41-,42-,43-,44-,45-,46+/m0/s1. The Morgan fingerprint density at radius 1 is 0.744 bits per heavy atom. The molecule has 3 heterocycles. The largest absolute Gasteiger partial charge is 0.508 e. The Morgan fingerprint density at radius 2 is 1.36 bits per heavy atom. The number of hydrogen-bond acceptors (Lipinski definition) is 18. The smallest absolute Gasteiger partial charge is 0.248 e. The number of phenolic OH excluding ortho intramolecular Hbond substituents is 1. The zero-order valence-corrected chi connectivity index (χ0v) is 45.2. The Morgan fingerprint density at radius 3 is 1.99 bits per heavy atom. The highest BCUT2D eigenvalue weighted by Gasteiger charge is 2.49. The number of nitrogens with two attached hydrogens (primary N) is 2. The maximum Gasteiger partial charge on any atom is 0.248 e. The number of benzene rings is 1. The number of unbranched alkanes of at least 4 members (excludes halogenated alkanes) is 5. The van der Waals surface area contributed by atoms with Crippen LogP contribution in [0, 0.1) is 11.8 Å². The lowest BCUT2D eigenvalue weighted by Gasteiger charge is -2.35. The first-order valence-corrected chi connectivity index (χ1v) is 27.3. The second-order valence-electron chi connectivity index (χ2n) is 21.4. The van der Waals surface area contributed by atoms with Gasteiger partial charge in [-0.3, -0.25) is 43.7 Å². The van der Waals surface area contributed by atoms with E-state index in [-0.39, 0.29) is 37.2 Å². The van der Waals surface area contributed by atoms with Crippen molar-refractivity contribution in [2.75, 3.05) is 26.2 Å². The molecule has 0 unspecified atom stereocenters. The molecule has 0 spiro atoms. The average Bonchev–Trinajstić information content (AvgIpc) is 4.01. The number of fused-ring (bicyclic) bond motifs is 2. The van der Waals surface area contributed by atoms with Crippen LogP contribution in [0.15, 0.2) is 24.3 Å². The van der Waals surface area contributed by atoms with Gasteiger partial charge in [0.25, 0.3) is 0 Å². The van der Waals surface area contributed by atoms with Gasteiger partial charge in [0.2, 0.25) is 47.3 Å². The number of carbonyl (C=O) groups excluding carboxylic acids is 8. The van der Waals surface area contributed by atoms with Gasteiger partial charge in [-0.05, 0) is 55.7 Å². The van der Waals surface area contributed by atoms with Crippen LogP contribution >= 0.6 is 0 Å². The SMILES string of the molecule is CC[C@H](C)C[C@H](C)CCCCCCCCC(=O)N[C@H]1C[C@@H](O)[C@H](NCCN)NC(=O)[C@@H]2[C@@H](O)CCN2C(=O)[C@H]([C@H](O)CC(N)=O)NC(=O)[C@H]([C@H](O)[C@@H](O)c2ccc(O)cc2)NC(=O)[C@@H]2C[C@@H](O)CN2C(=O)[C@H]([C@@H](C)O)NC1=O. The Hall–Kier alpha value is -5.58. The lowest BCUT2D eigenvalue weighted by molar-refractivity contribution is -0.148. The monoisotopic (exact) mass is 1110 g/mol. The molecule has 0 bridgehead atoms. The minimum absolute atomic E-state index is 0.0454. The van der Waals surface area contributed by atoms with Gasteiger partial charge in [0.05, 0.1) is 36.9 Å². The van der Waals surface area contributed by atoms with Crippen LogP contribution in [0.3, 0.4) is 0 Å². The van der Waals surface area contributed by atoms with Crippen LogP contribution in [0.25, 0.3) is 0 Å². The van der Waals surface area contributed by atoms with Crippen LogP contribution in [0.2, 0.25) is 0 Å². The van der Waals surface area contributed by atoms with E-state index in [0.717, 1.165) is 67.4 Å². The maximum atomic E-state index is 14.6. The van der Waals surface area contributed by atoms with E-state index in [9.17, 15) is 79.2 Å². The number of primary amides is 1. The number of carbonyl (C=O) groups is 8. The first kappa shape index (κ1) is 64.9. The lowest BCUT2D eigenvalue weighted by Crippen LogP contribution is -2.65. The molecule has 26 nitrogen and oxygen atoms in total. The number of rotatable bonds is 23. The topological polar surface area (TPSA) is 429 Å². The minimum atomic E-state index is -2.35. The van der Waals surface area contributed by atoms with Gasteiger partial charge in [-0.25, -0.2) is 0 Å². The summed E-state index contributed by atoms with van der Waals surface area (Å²) in [6.45, 7) is 6.74. The fraction of sp³-hybridized carbons (Fsp3) is 0.731. The fourth-order valence-electron chi connectivity index (χ4n) is 10.2. The number of aromatic hydroxyl groups is 1. The van der Waals surface area contributed by atoms with Crippen molar-refractivity contribution in [2.45, 2.75) is 203 Å². The summed E-state index contributed by atoms with van der Waals surface area (Å²) in [5, 5.41) is 104. The van der Waals surface area contributed by atoms with E-state index in [1.54, 1.807) is 0 Å². The highest BCUT2D eigenvalue weighted by atomic mass is 16.3. The Balaban J connectivity index is 1.74. The fourth-order valence-corrected chi connectivity index (χ4v) is 10.2. The highest BCUT2D eigenvalue weighted by Crippen LogP contribution is 2.27. The molecule has 0 aliphatic carbocycles. The first-order valence-electron chi connectivity index (χ1n) is 27.3. The quantitative estimate of drug-likeness (QED) is 0.0468. The van der Waals surface area contributed by atoms with Gasteiger partial charge < -0.3 is 88.7 Å². The summed E-state index contributed by atoms with van der Waals surface area (Å²) in [5.41, 5.74) is 11.0. The Labute approximate surface area is 454 Å². The molecule has 0 saturated carbocycles. The molecule has 8 amide bonds. The molecule has 3 saturated heterocycles. The van der Waals surface area contributed by atoms with Gasteiger partial charge in [0.1, 0.15) is 60.4 Å². The zero-order valence-electron chi connectivity index (χ0n) is 45.2. The van der Waals surface area contributed by atoms with E-state index in [0.29, 0.717) is 24.7 Å². The molecule has 1 aromatic carbocycles. The third-order valence-electron chi connectivity index (χ3n) is 14.8. The van der Waals surface area contributed by atoms with Crippen molar-refractivity contribution in [1.29, 1.82) is 0 Å². The molecule has 78 heavy (non-hydrogen) atoms. The summed E-state index contributed by atoms with van der Waals surface area (Å²) >= 11 is 0. The van der Waals surface area contributed by atoms with Crippen molar-refractivity contribution in [3.63, 3.8) is 0 Å². The maximum absolute atomic E-state index is 14.6. The van der Waals surface area contributed by atoms with Crippen LogP contribution in [0.5, 0.6) is 5.75 Å². The molecular weight excluding hydrogens is 1020 g/mol. The number of nitrogens with zero attached hydrogens (tertiary/aromatic N) is 2. The summed E-state index contributed by atoms with van der Waals surface area (Å²) < 4.78 is 0. The zero-order chi connectivity index (χ0) is 58.0. The molecule has 26 heteroatoms. The first-order chi connectivity index (χ1) is 36.9. The molecule has 3 aliphatic rings. The van der Waals surface area contributed by atoms with Crippen molar-refractivity contribution < 1.29 is 79.2 Å². The van der Waals surface area contributed by atoms with E-state index in [1.807, 2.05) is 0 Å². The second-order valence-corrected chi connectivity index (χ2v) is 21.4. The van der Waals surface area contributed by atoms with Gasteiger partial charge in [0.15, 0.2) is 0 Å². The number of nitrogens with one attached hydrogen (secondary N) is 6. The molecular formula is C52H86N10O16. The van der Waals surface area contributed by atoms with Gasteiger partial charge in [-0.15, -0.1) is 0 Å². The van der Waals surface area contributed by atoms with E-state index in [1.165, 1.54) is 18.6 Å². The summed E-state index contributed by atoms with van der Waals surface area (Å²) in [4.78, 5) is 114. The third kappa shape index (κ3) is 18.8. The number of aliphatic hydroxyl groups excluding tert-OH is 7. The van der Waals surface area contributed by atoms with Crippen molar-refractivity contribution in [1.82, 2.24) is 41.7 Å². The number of aliphatic hydroxyl groups is 7. The van der Waals surface area contributed by atoms with Gasteiger partial charge in [-0.2, -0.15) is 0 Å². The van der Waals surface area contributed by atoms with Crippen molar-refractivity contribution in [2.24, 2.45) is 23.3 Å². The van der Waals surface area contributed by atoms with E-state index >= 15 is 0 Å². The average molecular weight is 1110 g/mol. The third-order valence-corrected chi connectivity index (χ3v) is 14.8. The van der Waals surface area contributed by atoms with E-state index in [2.05, 4.69) is 52.7 Å². The molecule has 4 rings (SSSR count). The molecule has 0 aromatic heterocycles. The molecule has 440 valence electrons. The molecule has 3 aliphatic heterocycles. The molecule has 3 fully saturated rings. The lowest BCUT2D eigenvalue weighted by atomic mass is 9.91. The van der Waals surface area contributed by atoms with Crippen LogP contribution in [0.1, 0.15) is 129 Å².